The molecule has 1 N–H and O–H groups in total. The maximum absolute atomic E-state index is 13.3. The maximum Gasteiger partial charge on any atom is 0.417 e. The Labute approximate surface area is 211 Å². The maximum atomic E-state index is 13.3. The molecule has 0 aliphatic carbocycles. The van der Waals surface area contributed by atoms with E-state index in [1.54, 1.807) is 48.5 Å². The molecule has 0 bridgehead atoms. The Balaban J connectivity index is 1.28. The highest BCUT2D eigenvalue weighted by molar-refractivity contribution is 7.89. The second-order valence-corrected chi connectivity index (χ2v) is 10.5. The van der Waals surface area contributed by atoms with Gasteiger partial charge in [-0.25, -0.2) is 8.42 Å². The van der Waals surface area contributed by atoms with Crippen LogP contribution in [0.25, 0.3) is 22.2 Å². The van der Waals surface area contributed by atoms with Crippen LogP contribution in [0.1, 0.15) is 24.0 Å². The Morgan fingerprint density at radius 3 is 2.62 bits per heavy atom. The molecule has 0 saturated carbocycles. The second kappa shape index (κ2) is 9.64. The quantitative estimate of drug-likeness (QED) is 0.380. The average Bonchev–Trinajstić information content (AvgIpc) is 3.55. The van der Waals surface area contributed by atoms with E-state index in [9.17, 15) is 26.4 Å². The molecule has 0 radical (unpaired) electrons. The van der Waals surface area contributed by atoms with E-state index in [0.29, 0.717) is 40.6 Å². The van der Waals surface area contributed by atoms with Gasteiger partial charge in [-0.15, -0.1) is 0 Å². The first-order valence-corrected chi connectivity index (χ1v) is 13.0. The normalized spacial score (nSPS) is 16.8. The third-order valence-electron chi connectivity index (χ3n) is 6.25. The van der Waals surface area contributed by atoms with Crippen molar-refractivity contribution >= 4 is 26.9 Å². The Kier molecular flexibility index (Phi) is 6.50. The van der Waals surface area contributed by atoms with Crippen molar-refractivity contribution in [1.82, 2.24) is 14.6 Å². The van der Waals surface area contributed by atoms with Crippen molar-refractivity contribution in [2.45, 2.75) is 36.7 Å². The van der Waals surface area contributed by atoms with Gasteiger partial charge in [0.2, 0.25) is 11.0 Å². The van der Waals surface area contributed by atoms with Crippen LogP contribution in [0.2, 0.25) is 0 Å². The molecule has 1 atom stereocenters. The molecule has 5 rings (SSSR count). The molecule has 2 aromatic heterocycles. The topological polar surface area (TPSA) is 92.5 Å². The highest BCUT2D eigenvalue weighted by Gasteiger charge is 2.41. The van der Waals surface area contributed by atoms with Crippen LogP contribution in [0.4, 0.5) is 13.2 Å². The molecule has 4 aromatic rings. The largest absolute Gasteiger partial charge is 0.443 e. The number of carbonyl (C=O) groups is 1. The molecule has 2 aromatic carbocycles. The number of nitrogens with one attached hydrogen (secondary N) is 1. The van der Waals surface area contributed by atoms with Crippen molar-refractivity contribution in [1.29, 1.82) is 0 Å². The SMILES string of the molecule is O=C(NCc1cccc(-c2ccc(C(F)(F)F)cn2)c1)C1CCCN1S(=O)(=O)c1cc2ccccc2o1. The number of rotatable bonds is 6. The number of aromatic nitrogens is 1. The lowest BCUT2D eigenvalue weighted by molar-refractivity contribution is -0.137. The molecule has 3 heterocycles. The fraction of sp³-hybridized carbons (Fsp3) is 0.231. The predicted octanol–water partition coefficient (Wildman–Crippen LogP) is 4.98. The van der Waals surface area contributed by atoms with E-state index in [-0.39, 0.29) is 18.2 Å². The first-order valence-electron chi connectivity index (χ1n) is 11.5. The summed E-state index contributed by atoms with van der Waals surface area (Å²) in [5.41, 5.74) is 1.26. The summed E-state index contributed by atoms with van der Waals surface area (Å²) in [6.45, 7) is 0.314. The number of pyridine rings is 1. The number of hydrogen-bond donors (Lipinski definition) is 1. The van der Waals surface area contributed by atoms with E-state index >= 15 is 0 Å². The van der Waals surface area contributed by atoms with Gasteiger partial charge in [-0.3, -0.25) is 9.78 Å². The summed E-state index contributed by atoms with van der Waals surface area (Å²) in [7, 11) is -4.02. The van der Waals surface area contributed by atoms with E-state index in [0.717, 1.165) is 12.3 Å². The van der Waals surface area contributed by atoms with E-state index in [4.69, 9.17) is 4.42 Å². The fourth-order valence-electron chi connectivity index (χ4n) is 4.37. The smallest absolute Gasteiger partial charge is 0.417 e. The van der Waals surface area contributed by atoms with Crippen molar-refractivity contribution in [2.24, 2.45) is 0 Å². The van der Waals surface area contributed by atoms with Gasteiger partial charge in [0.1, 0.15) is 11.6 Å². The van der Waals surface area contributed by atoms with Gasteiger partial charge in [0.25, 0.3) is 10.0 Å². The van der Waals surface area contributed by atoms with Gasteiger partial charge in [0.05, 0.1) is 11.3 Å². The van der Waals surface area contributed by atoms with Gasteiger partial charge >= 0.3 is 6.18 Å². The first kappa shape index (κ1) is 25.0. The Morgan fingerprint density at radius 1 is 1.08 bits per heavy atom. The minimum absolute atomic E-state index is 0.113. The number of para-hydroxylation sites is 1. The van der Waals surface area contributed by atoms with Crippen molar-refractivity contribution in [3.05, 3.63) is 84.1 Å². The summed E-state index contributed by atoms with van der Waals surface area (Å²) in [5, 5.41) is 3.24. The molecule has 0 spiro atoms. The van der Waals surface area contributed by atoms with Crippen molar-refractivity contribution in [2.75, 3.05) is 6.54 Å². The van der Waals surface area contributed by atoms with E-state index in [1.807, 2.05) is 0 Å². The monoisotopic (exact) mass is 529 g/mol. The summed E-state index contributed by atoms with van der Waals surface area (Å²) >= 11 is 0. The molecule has 1 aliphatic heterocycles. The Bertz CT molecular complexity index is 1520. The van der Waals surface area contributed by atoms with Gasteiger partial charge in [-0.05, 0) is 42.7 Å². The van der Waals surface area contributed by atoms with Gasteiger partial charge in [0, 0.05) is 36.3 Å². The van der Waals surface area contributed by atoms with Gasteiger partial charge in [0.15, 0.2) is 0 Å². The van der Waals surface area contributed by atoms with Gasteiger partial charge < -0.3 is 9.73 Å². The molecule has 1 fully saturated rings. The number of furan rings is 1. The van der Waals surface area contributed by atoms with Gasteiger partial charge in [-0.1, -0.05) is 36.4 Å². The lowest BCUT2D eigenvalue weighted by Crippen LogP contribution is -2.45. The number of sulfonamides is 1. The highest BCUT2D eigenvalue weighted by atomic mass is 32.2. The first-order chi connectivity index (χ1) is 17.6. The minimum Gasteiger partial charge on any atom is -0.443 e. The molecule has 11 heteroatoms. The number of hydrogen-bond acceptors (Lipinski definition) is 5. The lowest BCUT2D eigenvalue weighted by Gasteiger charge is -2.22. The number of alkyl halides is 3. The number of nitrogens with zero attached hydrogens (tertiary/aromatic N) is 2. The van der Waals surface area contributed by atoms with Crippen molar-refractivity contribution in [3.8, 4) is 11.3 Å². The third kappa shape index (κ3) is 5.09. The second-order valence-electron chi connectivity index (χ2n) is 8.73. The summed E-state index contributed by atoms with van der Waals surface area (Å²) in [5.74, 6) is -0.435. The molecule has 7 nitrogen and oxygen atoms in total. The fourth-order valence-corrected chi connectivity index (χ4v) is 5.98. The van der Waals surface area contributed by atoms with Crippen LogP contribution in [-0.2, 0) is 27.5 Å². The van der Waals surface area contributed by atoms with Crippen LogP contribution in [-0.4, -0.2) is 36.2 Å². The zero-order valence-electron chi connectivity index (χ0n) is 19.4. The molecule has 1 saturated heterocycles. The molecule has 1 aliphatic rings. The highest BCUT2D eigenvalue weighted by Crippen LogP contribution is 2.31. The zero-order chi connectivity index (χ0) is 26.2. The number of amides is 1. The molecule has 37 heavy (non-hydrogen) atoms. The van der Waals surface area contributed by atoms with Gasteiger partial charge in [-0.2, -0.15) is 17.5 Å². The Morgan fingerprint density at radius 2 is 1.89 bits per heavy atom. The predicted molar refractivity (Wildman–Crippen MR) is 130 cm³/mol. The lowest BCUT2D eigenvalue weighted by atomic mass is 10.1. The number of halogens is 3. The third-order valence-corrected chi connectivity index (χ3v) is 8.02. The summed E-state index contributed by atoms with van der Waals surface area (Å²) in [4.78, 5) is 16.9. The molecule has 192 valence electrons. The van der Waals surface area contributed by atoms with Crippen LogP contribution in [0.3, 0.4) is 0 Å². The minimum atomic E-state index is -4.47. The van der Waals surface area contributed by atoms with E-state index in [1.165, 1.54) is 16.4 Å². The van der Waals surface area contributed by atoms with Crippen molar-refractivity contribution in [3.63, 3.8) is 0 Å². The average molecular weight is 530 g/mol. The van der Waals surface area contributed by atoms with Crippen LogP contribution in [0.5, 0.6) is 0 Å². The van der Waals surface area contributed by atoms with Crippen LogP contribution >= 0.6 is 0 Å². The van der Waals surface area contributed by atoms with Crippen LogP contribution in [0, 0.1) is 0 Å². The number of carbonyl (C=O) groups excluding carboxylic acids is 1. The van der Waals surface area contributed by atoms with Crippen molar-refractivity contribution < 1.29 is 30.8 Å². The zero-order valence-corrected chi connectivity index (χ0v) is 20.2. The van der Waals surface area contributed by atoms with E-state index in [2.05, 4.69) is 10.3 Å². The summed E-state index contributed by atoms with van der Waals surface area (Å²) in [6.07, 6.45) is -2.78. The molecule has 1 unspecified atom stereocenters. The molecular weight excluding hydrogens is 507 g/mol. The molecule has 1 amide bonds. The van der Waals surface area contributed by atoms with Crippen LogP contribution < -0.4 is 5.32 Å². The standard InChI is InChI=1S/C26H22F3N3O4S/c27-26(28,29)20-10-11-21(30-16-20)18-7-3-5-17(13-18)15-31-25(33)22-8-4-12-32(22)37(34,35)24-14-19-6-1-2-9-23(19)36-24/h1-3,5-7,9-11,13-14,16,22H,4,8,12,15H2,(H,31,33). The summed E-state index contributed by atoms with van der Waals surface area (Å²) in [6, 6.07) is 16.7. The van der Waals surface area contributed by atoms with E-state index < -0.39 is 33.7 Å². The summed E-state index contributed by atoms with van der Waals surface area (Å²) < 4.78 is 71.7. The number of benzene rings is 2. The van der Waals surface area contributed by atoms with Crippen LogP contribution in [0.15, 0.2) is 82.4 Å². The number of fused-ring (bicyclic) bond motifs is 1. The molecular formula is C26H22F3N3O4S. The Hall–Kier alpha value is -3.70.